The van der Waals surface area contributed by atoms with E-state index in [1.54, 1.807) is 0 Å². The van der Waals surface area contributed by atoms with Gasteiger partial charge in [0.2, 0.25) is 0 Å². The molecule has 0 aromatic carbocycles. The number of hydrogen-bond acceptors (Lipinski definition) is 3. The van der Waals surface area contributed by atoms with Gasteiger partial charge in [0.05, 0.1) is 11.2 Å². The average molecular weight is 338 g/mol. The topological polar surface area (TPSA) is 35.5 Å². The molecule has 0 aromatic rings. The predicted molar refractivity (Wildman–Crippen MR) is 83.1 cm³/mol. The third kappa shape index (κ3) is 4.48. The Bertz CT molecular complexity index is 342. The van der Waals surface area contributed by atoms with Gasteiger partial charge in [-0.2, -0.15) is 4.21 Å². The number of halogens is 2. The first-order valence-corrected chi connectivity index (χ1v) is 9.51. The lowest BCUT2D eigenvalue weighted by Crippen LogP contribution is -2.42. The van der Waals surface area contributed by atoms with E-state index in [0.29, 0.717) is 64.2 Å². The van der Waals surface area contributed by atoms with Crippen molar-refractivity contribution in [2.45, 2.75) is 102 Å². The lowest BCUT2D eigenvalue weighted by Gasteiger charge is -2.39. The second-order valence-corrected chi connectivity index (χ2v) is 7.53. The molecule has 2 rings (SSSR count). The molecule has 0 atom stereocenters. The second-order valence-electron chi connectivity index (χ2n) is 6.79. The molecule has 22 heavy (non-hydrogen) atoms. The SMILES string of the molecule is CCC1(OS(=O)OC2(CC)CCC(F)CC2)CCC(F)CC1. The Morgan fingerprint density at radius 3 is 1.45 bits per heavy atom. The van der Waals surface area contributed by atoms with Crippen LogP contribution < -0.4 is 0 Å². The molecule has 6 heteroatoms. The minimum Gasteiger partial charge on any atom is -0.262 e. The molecule has 0 bridgehead atoms. The molecular weight excluding hydrogens is 310 g/mol. The van der Waals surface area contributed by atoms with Crippen LogP contribution in [0.2, 0.25) is 0 Å². The van der Waals surface area contributed by atoms with E-state index in [9.17, 15) is 13.0 Å². The van der Waals surface area contributed by atoms with Crippen molar-refractivity contribution in [3.63, 3.8) is 0 Å². The van der Waals surface area contributed by atoms with E-state index in [2.05, 4.69) is 0 Å². The summed E-state index contributed by atoms with van der Waals surface area (Å²) in [5, 5.41) is 0. The molecule has 0 heterocycles. The summed E-state index contributed by atoms with van der Waals surface area (Å²) in [7, 11) is 0. The Morgan fingerprint density at radius 1 is 0.864 bits per heavy atom. The molecule has 0 unspecified atom stereocenters. The third-order valence-corrected chi connectivity index (χ3v) is 6.41. The van der Waals surface area contributed by atoms with Gasteiger partial charge in [-0.1, -0.05) is 13.8 Å². The van der Waals surface area contributed by atoms with Gasteiger partial charge >= 0.3 is 11.4 Å². The fraction of sp³-hybridized carbons (Fsp3) is 1.00. The first kappa shape index (κ1) is 18.3. The molecule has 0 saturated heterocycles. The van der Waals surface area contributed by atoms with Crippen LogP contribution in [0.15, 0.2) is 0 Å². The molecule has 2 aliphatic rings. The normalized spacial score (nSPS) is 41.3. The van der Waals surface area contributed by atoms with Gasteiger partial charge in [0.15, 0.2) is 0 Å². The highest BCUT2D eigenvalue weighted by molar-refractivity contribution is 7.75. The van der Waals surface area contributed by atoms with E-state index in [-0.39, 0.29) is 0 Å². The molecule has 0 N–H and O–H groups in total. The fourth-order valence-electron chi connectivity index (χ4n) is 3.51. The minimum atomic E-state index is -1.86. The van der Waals surface area contributed by atoms with Crippen molar-refractivity contribution in [2.75, 3.05) is 0 Å². The number of alkyl halides is 2. The van der Waals surface area contributed by atoms with Crippen LogP contribution in [0.5, 0.6) is 0 Å². The van der Waals surface area contributed by atoms with Crippen LogP contribution in [0.3, 0.4) is 0 Å². The van der Waals surface area contributed by atoms with Crippen molar-refractivity contribution in [2.24, 2.45) is 0 Å². The Morgan fingerprint density at radius 2 is 1.18 bits per heavy atom. The summed E-state index contributed by atoms with van der Waals surface area (Å²) in [6.07, 6.45) is 3.94. The largest absolute Gasteiger partial charge is 0.305 e. The Hall–Kier alpha value is -0.0700. The third-order valence-electron chi connectivity index (χ3n) is 5.43. The Labute approximate surface area is 135 Å². The van der Waals surface area contributed by atoms with Crippen LogP contribution in [0.4, 0.5) is 8.78 Å². The Balaban J connectivity index is 1.93. The molecular formula is C16H28F2O3S. The van der Waals surface area contributed by atoms with E-state index >= 15 is 0 Å². The van der Waals surface area contributed by atoms with Crippen LogP contribution in [-0.2, 0) is 19.7 Å². The Kier molecular flexibility index (Phi) is 6.37. The summed E-state index contributed by atoms with van der Waals surface area (Å²) >= 11 is -1.86. The zero-order valence-corrected chi connectivity index (χ0v) is 14.4. The lowest BCUT2D eigenvalue weighted by molar-refractivity contribution is -0.0300. The standard InChI is InChI=1S/C16H28F2O3S/c1-3-15(9-5-13(17)6-10-15)20-22(19)21-16(4-2)11-7-14(18)8-12-16/h13-14H,3-12H2,1-2H3. The highest BCUT2D eigenvalue weighted by atomic mass is 32.2. The highest BCUT2D eigenvalue weighted by Gasteiger charge is 2.41. The maximum atomic E-state index is 13.3. The van der Waals surface area contributed by atoms with Crippen molar-refractivity contribution < 1.29 is 21.4 Å². The van der Waals surface area contributed by atoms with Gasteiger partial charge in [0.1, 0.15) is 12.3 Å². The van der Waals surface area contributed by atoms with Gasteiger partial charge in [0, 0.05) is 0 Å². The molecule has 0 aromatic heterocycles. The summed E-state index contributed by atoms with van der Waals surface area (Å²) < 4.78 is 50.4. The molecule has 130 valence electrons. The molecule has 2 aliphatic carbocycles. The minimum absolute atomic E-state index is 0.452. The first-order chi connectivity index (χ1) is 10.4. The molecule has 2 fully saturated rings. The first-order valence-electron chi connectivity index (χ1n) is 8.51. The molecule has 0 aliphatic heterocycles. The zero-order valence-electron chi connectivity index (χ0n) is 13.6. The summed E-state index contributed by atoms with van der Waals surface area (Å²) in [6.45, 7) is 3.94. The van der Waals surface area contributed by atoms with Crippen LogP contribution in [0.25, 0.3) is 0 Å². The number of hydrogen-bond donors (Lipinski definition) is 0. The monoisotopic (exact) mass is 338 g/mol. The summed E-state index contributed by atoms with van der Waals surface area (Å²) in [5.41, 5.74) is -1.08. The smallest absolute Gasteiger partial charge is 0.262 e. The van der Waals surface area contributed by atoms with E-state index in [1.165, 1.54) is 0 Å². The van der Waals surface area contributed by atoms with Gasteiger partial charge in [-0.05, 0) is 64.2 Å². The van der Waals surface area contributed by atoms with E-state index < -0.39 is 34.9 Å². The van der Waals surface area contributed by atoms with Gasteiger partial charge in [-0.15, -0.1) is 0 Å². The van der Waals surface area contributed by atoms with Gasteiger partial charge in [0.25, 0.3) is 0 Å². The maximum absolute atomic E-state index is 13.3. The summed E-state index contributed by atoms with van der Waals surface area (Å²) in [6, 6.07) is 0. The van der Waals surface area contributed by atoms with Crippen molar-refractivity contribution in [3.05, 3.63) is 0 Å². The van der Waals surface area contributed by atoms with Crippen LogP contribution in [0.1, 0.15) is 78.1 Å². The van der Waals surface area contributed by atoms with E-state index in [0.717, 1.165) is 0 Å². The maximum Gasteiger partial charge on any atom is 0.305 e. The predicted octanol–water partition coefficient (Wildman–Crippen LogP) is 4.72. The second kappa shape index (κ2) is 7.67. The van der Waals surface area contributed by atoms with Gasteiger partial charge in [-0.25, -0.2) is 8.78 Å². The van der Waals surface area contributed by atoms with Crippen molar-refractivity contribution >= 4 is 11.4 Å². The zero-order chi connectivity index (χ0) is 16.2. The molecule has 3 nitrogen and oxygen atoms in total. The molecule has 0 amide bonds. The molecule has 0 spiro atoms. The summed E-state index contributed by atoms with van der Waals surface area (Å²) in [5.74, 6) is 0. The number of rotatable bonds is 6. The molecule has 2 saturated carbocycles. The van der Waals surface area contributed by atoms with Crippen LogP contribution in [0, 0.1) is 0 Å². The quantitative estimate of drug-likeness (QED) is 0.703. The van der Waals surface area contributed by atoms with E-state index in [4.69, 9.17) is 8.37 Å². The van der Waals surface area contributed by atoms with Crippen molar-refractivity contribution in [1.82, 2.24) is 0 Å². The van der Waals surface area contributed by atoms with Crippen molar-refractivity contribution in [1.29, 1.82) is 0 Å². The van der Waals surface area contributed by atoms with Crippen LogP contribution >= 0.6 is 0 Å². The molecule has 0 radical (unpaired) electrons. The highest BCUT2D eigenvalue weighted by Crippen LogP contribution is 2.40. The van der Waals surface area contributed by atoms with Crippen molar-refractivity contribution in [3.8, 4) is 0 Å². The fourth-order valence-corrected chi connectivity index (χ4v) is 4.70. The van der Waals surface area contributed by atoms with Gasteiger partial charge < -0.3 is 0 Å². The lowest BCUT2D eigenvalue weighted by atomic mass is 9.82. The van der Waals surface area contributed by atoms with Gasteiger partial charge in [-0.3, -0.25) is 8.37 Å². The summed E-state index contributed by atoms with van der Waals surface area (Å²) in [4.78, 5) is 0. The van der Waals surface area contributed by atoms with E-state index in [1.807, 2.05) is 13.8 Å². The average Bonchev–Trinajstić information content (AvgIpc) is 2.52. The van der Waals surface area contributed by atoms with Crippen LogP contribution in [-0.4, -0.2) is 27.8 Å².